The molecule has 3 rings (SSSR count). The Kier molecular flexibility index (Phi) is 4.01. The second-order valence-corrected chi connectivity index (χ2v) is 6.32. The number of aryl methyl sites for hydroxylation is 1. The van der Waals surface area contributed by atoms with Gasteiger partial charge in [0.25, 0.3) is 5.91 Å². The van der Waals surface area contributed by atoms with Gasteiger partial charge in [0.15, 0.2) is 0 Å². The van der Waals surface area contributed by atoms with Crippen molar-refractivity contribution in [1.82, 2.24) is 9.47 Å². The molecular weight excluding hydrogens is 330 g/mol. The van der Waals surface area contributed by atoms with Crippen LogP contribution < -0.4 is 5.32 Å². The van der Waals surface area contributed by atoms with Crippen molar-refractivity contribution in [2.45, 2.75) is 12.5 Å². The molecule has 1 aliphatic rings. The summed E-state index contributed by atoms with van der Waals surface area (Å²) >= 11 is 3.41. The second kappa shape index (κ2) is 5.93. The first-order valence-electron chi connectivity index (χ1n) is 7.06. The van der Waals surface area contributed by atoms with Gasteiger partial charge >= 0.3 is 0 Å². The highest BCUT2D eigenvalue weighted by Gasteiger charge is 2.28. The van der Waals surface area contributed by atoms with Gasteiger partial charge in [-0.25, -0.2) is 0 Å². The number of halogens is 1. The van der Waals surface area contributed by atoms with E-state index in [1.165, 1.54) is 0 Å². The van der Waals surface area contributed by atoms with E-state index in [9.17, 15) is 4.79 Å². The number of hydrogen-bond donors (Lipinski definition) is 1. The van der Waals surface area contributed by atoms with Crippen molar-refractivity contribution in [3.63, 3.8) is 0 Å². The molecule has 1 amide bonds. The highest BCUT2D eigenvalue weighted by Crippen LogP contribution is 2.20. The summed E-state index contributed by atoms with van der Waals surface area (Å²) in [7, 11) is 1.90. The molecular formula is C16H18BrN3O. The van der Waals surface area contributed by atoms with Gasteiger partial charge in [0.1, 0.15) is 5.69 Å². The predicted octanol–water partition coefficient (Wildman–Crippen LogP) is 3.11. The van der Waals surface area contributed by atoms with Gasteiger partial charge in [0.2, 0.25) is 0 Å². The van der Waals surface area contributed by atoms with Gasteiger partial charge in [-0.3, -0.25) is 4.79 Å². The monoisotopic (exact) mass is 347 g/mol. The molecule has 21 heavy (non-hydrogen) atoms. The fourth-order valence-electron chi connectivity index (χ4n) is 2.73. The van der Waals surface area contributed by atoms with Gasteiger partial charge in [0, 0.05) is 42.5 Å². The SMILES string of the molecule is Cn1cc(Br)cc1C(=O)N1CCC(Nc2ccccc2)C1. The number of para-hydroxylation sites is 1. The minimum atomic E-state index is 0.0977. The molecule has 1 fully saturated rings. The maximum Gasteiger partial charge on any atom is 0.270 e. The highest BCUT2D eigenvalue weighted by atomic mass is 79.9. The third-order valence-corrected chi connectivity index (χ3v) is 4.24. The lowest BCUT2D eigenvalue weighted by molar-refractivity contribution is 0.0782. The molecule has 1 unspecified atom stereocenters. The third-order valence-electron chi connectivity index (χ3n) is 3.81. The lowest BCUT2D eigenvalue weighted by Crippen LogP contribution is -2.32. The molecule has 0 radical (unpaired) electrons. The van der Waals surface area contributed by atoms with E-state index in [0.29, 0.717) is 6.04 Å². The Balaban J connectivity index is 1.64. The minimum absolute atomic E-state index is 0.0977. The first-order valence-corrected chi connectivity index (χ1v) is 7.85. The molecule has 1 aromatic carbocycles. The maximum absolute atomic E-state index is 12.5. The summed E-state index contributed by atoms with van der Waals surface area (Å²) in [6.07, 6.45) is 2.88. The Morgan fingerprint density at radius 2 is 2.10 bits per heavy atom. The number of likely N-dealkylation sites (tertiary alicyclic amines) is 1. The lowest BCUT2D eigenvalue weighted by Gasteiger charge is -2.18. The van der Waals surface area contributed by atoms with E-state index in [2.05, 4.69) is 33.4 Å². The van der Waals surface area contributed by atoms with Gasteiger partial charge in [0.05, 0.1) is 0 Å². The van der Waals surface area contributed by atoms with Crippen LogP contribution in [0.2, 0.25) is 0 Å². The molecule has 110 valence electrons. The normalized spacial score (nSPS) is 18.0. The van der Waals surface area contributed by atoms with Crippen LogP contribution >= 0.6 is 15.9 Å². The van der Waals surface area contributed by atoms with Crippen molar-refractivity contribution in [1.29, 1.82) is 0 Å². The van der Waals surface area contributed by atoms with Gasteiger partial charge in [-0.1, -0.05) is 18.2 Å². The van der Waals surface area contributed by atoms with E-state index in [1.807, 2.05) is 47.0 Å². The van der Waals surface area contributed by atoms with Crippen molar-refractivity contribution in [2.24, 2.45) is 7.05 Å². The summed E-state index contributed by atoms with van der Waals surface area (Å²) < 4.78 is 2.80. The number of aromatic nitrogens is 1. The van der Waals surface area contributed by atoms with Gasteiger partial charge in [-0.2, -0.15) is 0 Å². The number of carbonyl (C=O) groups is 1. The highest BCUT2D eigenvalue weighted by molar-refractivity contribution is 9.10. The van der Waals surface area contributed by atoms with Gasteiger partial charge < -0.3 is 14.8 Å². The van der Waals surface area contributed by atoms with Crippen molar-refractivity contribution < 1.29 is 4.79 Å². The standard InChI is InChI=1S/C16H18BrN3O/c1-19-10-12(17)9-15(19)16(21)20-8-7-14(11-20)18-13-5-3-2-4-6-13/h2-6,9-10,14,18H,7-8,11H2,1H3. The van der Waals surface area contributed by atoms with Crippen LogP contribution in [0.4, 0.5) is 5.69 Å². The Morgan fingerprint density at radius 1 is 1.33 bits per heavy atom. The zero-order valence-corrected chi connectivity index (χ0v) is 13.5. The molecule has 0 aliphatic carbocycles. The van der Waals surface area contributed by atoms with E-state index >= 15 is 0 Å². The van der Waals surface area contributed by atoms with Crippen LogP contribution in [-0.2, 0) is 7.05 Å². The summed E-state index contributed by atoms with van der Waals surface area (Å²) in [4.78, 5) is 14.5. The third kappa shape index (κ3) is 3.13. The summed E-state index contributed by atoms with van der Waals surface area (Å²) in [5, 5.41) is 3.49. The molecule has 1 aliphatic heterocycles. The van der Waals surface area contributed by atoms with Crippen LogP contribution in [0.3, 0.4) is 0 Å². The number of hydrogen-bond acceptors (Lipinski definition) is 2. The molecule has 4 nitrogen and oxygen atoms in total. The van der Waals surface area contributed by atoms with Crippen molar-refractivity contribution >= 4 is 27.5 Å². The number of carbonyl (C=O) groups excluding carboxylic acids is 1. The van der Waals surface area contributed by atoms with Crippen LogP contribution in [0.1, 0.15) is 16.9 Å². The number of anilines is 1. The molecule has 2 heterocycles. The van der Waals surface area contributed by atoms with Crippen LogP contribution in [0.15, 0.2) is 47.1 Å². The predicted molar refractivity (Wildman–Crippen MR) is 87.5 cm³/mol. The van der Waals surface area contributed by atoms with Gasteiger partial charge in [-0.05, 0) is 40.5 Å². The molecule has 1 saturated heterocycles. The molecule has 1 N–H and O–H groups in total. The quantitative estimate of drug-likeness (QED) is 0.926. The van der Waals surface area contributed by atoms with Crippen molar-refractivity contribution in [2.75, 3.05) is 18.4 Å². The topological polar surface area (TPSA) is 37.3 Å². The zero-order chi connectivity index (χ0) is 14.8. The van der Waals surface area contributed by atoms with Crippen LogP contribution in [0.5, 0.6) is 0 Å². The van der Waals surface area contributed by atoms with Gasteiger partial charge in [-0.15, -0.1) is 0 Å². The van der Waals surface area contributed by atoms with E-state index in [0.717, 1.165) is 35.4 Å². The molecule has 0 saturated carbocycles. The summed E-state index contributed by atoms with van der Waals surface area (Å²) in [5.74, 6) is 0.0977. The van der Waals surface area contributed by atoms with E-state index in [1.54, 1.807) is 0 Å². The van der Waals surface area contributed by atoms with Crippen molar-refractivity contribution in [3.8, 4) is 0 Å². The fraction of sp³-hybridized carbons (Fsp3) is 0.312. The summed E-state index contributed by atoms with van der Waals surface area (Å²) in [6, 6.07) is 12.3. The Labute approximate surface area is 132 Å². The fourth-order valence-corrected chi connectivity index (χ4v) is 3.26. The molecule has 1 aromatic heterocycles. The average molecular weight is 348 g/mol. The smallest absolute Gasteiger partial charge is 0.270 e. The van der Waals surface area contributed by atoms with Crippen molar-refractivity contribution in [3.05, 3.63) is 52.8 Å². The van der Waals surface area contributed by atoms with E-state index in [4.69, 9.17) is 0 Å². The van der Waals surface area contributed by atoms with E-state index < -0.39 is 0 Å². The van der Waals surface area contributed by atoms with E-state index in [-0.39, 0.29) is 5.91 Å². The lowest BCUT2D eigenvalue weighted by atomic mass is 10.2. The zero-order valence-electron chi connectivity index (χ0n) is 11.9. The van der Waals surface area contributed by atoms with Crippen LogP contribution in [0.25, 0.3) is 0 Å². The minimum Gasteiger partial charge on any atom is -0.380 e. The first-order chi connectivity index (χ1) is 10.1. The molecule has 0 spiro atoms. The van der Waals surface area contributed by atoms with Crippen LogP contribution in [-0.4, -0.2) is 34.5 Å². The average Bonchev–Trinajstić information content (AvgIpc) is 3.06. The Morgan fingerprint density at radius 3 is 2.76 bits per heavy atom. The summed E-state index contributed by atoms with van der Waals surface area (Å²) in [5.41, 5.74) is 1.83. The number of benzene rings is 1. The number of nitrogens with one attached hydrogen (secondary N) is 1. The summed E-state index contributed by atoms with van der Waals surface area (Å²) in [6.45, 7) is 1.54. The second-order valence-electron chi connectivity index (χ2n) is 5.40. The molecule has 2 aromatic rings. The molecule has 5 heteroatoms. The maximum atomic E-state index is 12.5. The number of nitrogens with zero attached hydrogens (tertiary/aromatic N) is 2. The number of rotatable bonds is 3. The number of amides is 1. The Bertz CT molecular complexity index is 638. The molecule has 1 atom stereocenters. The Hall–Kier alpha value is -1.75. The first kappa shape index (κ1) is 14.2. The molecule has 0 bridgehead atoms. The largest absolute Gasteiger partial charge is 0.380 e. The van der Waals surface area contributed by atoms with Crippen LogP contribution in [0, 0.1) is 0 Å².